The van der Waals surface area contributed by atoms with Gasteiger partial charge < -0.3 is 20.9 Å². The van der Waals surface area contributed by atoms with Crippen LogP contribution >= 0.6 is 22.6 Å². The largest absolute Gasteiger partial charge is 0.351 e. The van der Waals surface area contributed by atoms with Gasteiger partial charge in [0.15, 0.2) is 0 Å². The molecule has 4 aliphatic rings. The number of azide groups is 1. The Hall–Kier alpha value is -2.76. The SMILES string of the molecule is [N-]=[N+]=NC[C@@H]1C(=O)N(CI)C2=CC=C(Nc3cccc(C(=O)NC4CCCCC4)c3)NC2N1C1CCCC1. The lowest BCUT2D eigenvalue weighted by Gasteiger charge is -2.50. The second-order valence-electron chi connectivity index (χ2n) is 10.4. The van der Waals surface area contributed by atoms with Gasteiger partial charge >= 0.3 is 0 Å². The summed E-state index contributed by atoms with van der Waals surface area (Å²) in [6, 6.07) is 7.54. The number of rotatable bonds is 8. The van der Waals surface area contributed by atoms with Gasteiger partial charge in [-0.3, -0.25) is 14.5 Å². The maximum Gasteiger partial charge on any atom is 0.251 e. The van der Waals surface area contributed by atoms with Crippen molar-refractivity contribution in [2.24, 2.45) is 5.11 Å². The quantitative estimate of drug-likeness (QED) is 0.0934. The highest BCUT2D eigenvalue weighted by Crippen LogP contribution is 2.35. The van der Waals surface area contributed by atoms with E-state index in [4.69, 9.17) is 5.53 Å². The van der Waals surface area contributed by atoms with Crippen molar-refractivity contribution < 1.29 is 9.59 Å². The molecule has 2 saturated carbocycles. The fraction of sp³-hybridized carbons (Fsp3) is 0.556. The molecule has 0 aromatic heterocycles. The third-order valence-electron chi connectivity index (χ3n) is 8.04. The van der Waals surface area contributed by atoms with Crippen molar-refractivity contribution in [3.8, 4) is 0 Å². The van der Waals surface area contributed by atoms with E-state index in [1.54, 1.807) is 4.90 Å². The van der Waals surface area contributed by atoms with E-state index in [1.165, 1.54) is 19.3 Å². The number of hydrogen-bond acceptors (Lipinski definition) is 6. The van der Waals surface area contributed by atoms with E-state index in [9.17, 15) is 9.59 Å². The molecule has 2 aliphatic heterocycles. The predicted molar refractivity (Wildman–Crippen MR) is 155 cm³/mol. The molecule has 3 N–H and O–H groups in total. The maximum atomic E-state index is 13.5. The van der Waals surface area contributed by atoms with Crippen molar-refractivity contribution in [2.75, 3.05) is 16.4 Å². The van der Waals surface area contributed by atoms with E-state index in [0.29, 0.717) is 10.1 Å². The number of fused-ring (bicyclic) bond motifs is 1. The van der Waals surface area contributed by atoms with Gasteiger partial charge in [-0.15, -0.1) is 0 Å². The van der Waals surface area contributed by atoms with E-state index in [1.807, 2.05) is 36.4 Å². The zero-order chi connectivity index (χ0) is 26.5. The molecule has 1 saturated heterocycles. The molecule has 2 amide bonds. The first-order chi connectivity index (χ1) is 18.6. The van der Waals surface area contributed by atoms with Crippen molar-refractivity contribution in [3.05, 3.63) is 63.9 Å². The average molecular weight is 631 g/mol. The summed E-state index contributed by atoms with van der Waals surface area (Å²) in [7, 11) is 0. The summed E-state index contributed by atoms with van der Waals surface area (Å²) >= 11 is 2.21. The van der Waals surface area contributed by atoms with Crippen molar-refractivity contribution in [1.29, 1.82) is 0 Å². The van der Waals surface area contributed by atoms with Gasteiger partial charge in [0.2, 0.25) is 5.91 Å². The van der Waals surface area contributed by atoms with Crippen LogP contribution in [0.3, 0.4) is 0 Å². The lowest BCUT2D eigenvalue weighted by atomic mass is 9.95. The van der Waals surface area contributed by atoms with Crippen molar-refractivity contribution in [3.63, 3.8) is 0 Å². The Morgan fingerprint density at radius 1 is 1.13 bits per heavy atom. The lowest BCUT2D eigenvalue weighted by Crippen LogP contribution is -2.67. The zero-order valence-electron chi connectivity index (χ0n) is 21.5. The standard InChI is InChI=1S/C27H35IN8O2/c28-17-35-22-13-14-24(31-20-10-6-7-18(15-20)26(37)32-19-8-2-1-3-9-19)33-25(22)36(21-11-4-5-12-21)23(27(35)38)16-30-34-29/h6-7,10,13-15,19,21,23,25,31,33H,1-5,8-9,11-12,16-17H2,(H,32,37)/t23-,25?/m1/s1. The minimum absolute atomic E-state index is 0.0236. The molecular formula is C27H35IN8O2. The summed E-state index contributed by atoms with van der Waals surface area (Å²) < 4.78 is 0.515. The Morgan fingerprint density at radius 2 is 1.89 bits per heavy atom. The van der Waals surface area contributed by atoms with Crippen LogP contribution < -0.4 is 16.0 Å². The molecule has 2 atom stereocenters. The number of halogens is 1. The fourth-order valence-electron chi connectivity index (χ4n) is 6.18. The number of benzene rings is 1. The molecule has 0 bridgehead atoms. The Kier molecular flexibility index (Phi) is 8.75. The summed E-state index contributed by atoms with van der Waals surface area (Å²) in [5, 5.41) is 14.0. The van der Waals surface area contributed by atoms with Gasteiger partial charge in [0.25, 0.3) is 5.91 Å². The maximum absolute atomic E-state index is 13.5. The lowest BCUT2D eigenvalue weighted by molar-refractivity contribution is -0.141. The number of carbonyl (C=O) groups is 2. The molecule has 3 fully saturated rings. The summed E-state index contributed by atoms with van der Waals surface area (Å²) in [4.78, 5) is 33.3. The number of alkyl halides is 1. The first-order valence-electron chi connectivity index (χ1n) is 13.6. The van der Waals surface area contributed by atoms with E-state index in [2.05, 4.69) is 53.5 Å². The monoisotopic (exact) mass is 630 g/mol. The molecule has 1 aromatic rings. The van der Waals surface area contributed by atoms with Crippen molar-refractivity contribution in [2.45, 2.75) is 82.1 Å². The first kappa shape index (κ1) is 26.8. The molecule has 2 aliphatic carbocycles. The van der Waals surface area contributed by atoms with E-state index >= 15 is 0 Å². The van der Waals surface area contributed by atoms with Crippen LogP contribution in [0.25, 0.3) is 10.4 Å². The van der Waals surface area contributed by atoms with Crippen molar-refractivity contribution in [1.82, 2.24) is 20.4 Å². The fourth-order valence-corrected chi connectivity index (χ4v) is 6.91. The Bertz CT molecular complexity index is 1150. The van der Waals surface area contributed by atoms with Gasteiger partial charge in [0.1, 0.15) is 12.0 Å². The summed E-state index contributed by atoms with van der Waals surface area (Å²) in [6.45, 7) is 0.106. The molecule has 2 heterocycles. The normalized spacial score (nSPS) is 24.6. The van der Waals surface area contributed by atoms with E-state index < -0.39 is 6.04 Å². The molecule has 0 spiro atoms. The molecule has 5 rings (SSSR count). The first-order valence-corrected chi connectivity index (χ1v) is 15.1. The number of piperazine rings is 1. The summed E-state index contributed by atoms with van der Waals surface area (Å²) in [5.41, 5.74) is 11.3. The summed E-state index contributed by atoms with van der Waals surface area (Å²) in [6.07, 6.45) is 13.7. The van der Waals surface area contributed by atoms with Crippen molar-refractivity contribution >= 4 is 40.1 Å². The van der Waals surface area contributed by atoms with Gasteiger partial charge in [-0.1, -0.05) is 65.9 Å². The molecule has 11 heteroatoms. The average Bonchev–Trinajstić information content (AvgIpc) is 3.47. The van der Waals surface area contributed by atoms with Crippen LogP contribution in [0, 0.1) is 0 Å². The highest BCUT2D eigenvalue weighted by Gasteiger charge is 2.47. The number of hydrogen-bond donors (Lipinski definition) is 3. The number of amides is 2. The van der Waals surface area contributed by atoms with Crippen LogP contribution in [0.1, 0.15) is 68.1 Å². The second kappa shape index (κ2) is 12.4. The van der Waals surface area contributed by atoms with Crippen LogP contribution in [0.2, 0.25) is 0 Å². The molecule has 1 unspecified atom stereocenters. The number of anilines is 1. The Labute approximate surface area is 237 Å². The smallest absolute Gasteiger partial charge is 0.251 e. The van der Waals surface area contributed by atoms with Crippen LogP contribution in [0.15, 0.2) is 53.0 Å². The number of dihydropyridines is 1. The number of nitrogens with zero attached hydrogens (tertiary/aromatic N) is 5. The third kappa shape index (κ3) is 5.79. The number of carbonyl (C=O) groups excluding carboxylic acids is 2. The molecule has 38 heavy (non-hydrogen) atoms. The van der Waals surface area contributed by atoms with Gasteiger partial charge in [-0.25, -0.2) is 0 Å². The van der Waals surface area contributed by atoms with Gasteiger partial charge in [0, 0.05) is 28.2 Å². The molecule has 202 valence electrons. The molecular weight excluding hydrogens is 595 g/mol. The minimum atomic E-state index is -0.510. The highest BCUT2D eigenvalue weighted by atomic mass is 127. The van der Waals surface area contributed by atoms with Gasteiger partial charge in [-0.2, -0.15) is 0 Å². The summed E-state index contributed by atoms with van der Waals surface area (Å²) in [5.74, 6) is 0.728. The Morgan fingerprint density at radius 3 is 2.63 bits per heavy atom. The Balaban J connectivity index is 1.36. The van der Waals surface area contributed by atoms with Crippen LogP contribution in [0.5, 0.6) is 0 Å². The van der Waals surface area contributed by atoms with E-state index in [-0.39, 0.29) is 36.6 Å². The van der Waals surface area contributed by atoms with Gasteiger partial charge in [-0.05, 0) is 61.6 Å². The van der Waals surface area contributed by atoms with Gasteiger partial charge in [0.05, 0.1) is 22.8 Å². The van der Waals surface area contributed by atoms with E-state index in [0.717, 1.165) is 55.7 Å². The van der Waals surface area contributed by atoms with Crippen LogP contribution in [-0.4, -0.2) is 57.0 Å². The molecule has 10 nitrogen and oxygen atoms in total. The molecule has 0 radical (unpaired) electrons. The minimum Gasteiger partial charge on any atom is -0.351 e. The zero-order valence-corrected chi connectivity index (χ0v) is 23.6. The van der Waals surface area contributed by atoms with Crippen LogP contribution in [-0.2, 0) is 4.79 Å². The number of allylic oxidation sites excluding steroid dienone is 2. The second-order valence-corrected chi connectivity index (χ2v) is 11.1. The topological polar surface area (TPSA) is 125 Å². The number of nitrogens with one attached hydrogen (secondary N) is 3. The predicted octanol–water partition coefficient (Wildman–Crippen LogP) is 4.97. The highest BCUT2D eigenvalue weighted by molar-refractivity contribution is 14.1. The van der Waals surface area contributed by atoms with Crippen LogP contribution in [0.4, 0.5) is 5.69 Å². The molecule has 1 aromatic carbocycles. The third-order valence-corrected chi connectivity index (χ3v) is 8.72.